The number of aryl methyl sites for hydroxylation is 3. The molecule has 1 aliphatic heterocycles. The molecule has 2 N–H and O–H groups in total. The van der Waals surface area contributed by atoms with Crippen LogP contribution in [0, 0.1) is 27.7 Å². The predicted molar refractivity (Wildman–Crippen MR) is 103 cm³/mol. The fourth-order valence-corrected chi connectivity index (χ4v) is 3.34. The lowest BCUT2D eigenvalue weighted by atomic mass is 10.1. The van der Waals surface area contributed by atoms with Crippen LogP contribution in [0.15, 0.2) is 6.07 Å². The first-order valence-electron chi connectivity index (χ1n) is 8.82. The number of hydrogen-bond donors (Lipinski definition) is 2. The van der Waals surface area contributed by atoms with Crippen molar-refractivity contribution < 1.29 is 4.79 Å². The van der Waals surface area contributed by atoms with Gasteiger partial charge < -0.3 is 10.6 Å². The summed E-state index contributed by atoms with van der Waals surface area (Å²) in [5.74, 6) is 0.599. The van der Waals surface area contributed by atoms with Gasteiger partial charge in [-0.15, -0.1) is 12.4 Å². The minimum atomic E-state index is 0. The van der Waals surface area contributed by atoms with Crippen molar-refractivity contribution in [3.63, 3.8) is 0 Å². The Kier molecular flexibility index (Phi) is 6.72. The predicted octanol–water partition coefficient (Wildman–Crippen LogP) is 1.73. The molecule has 2 aromatic rings. The van der Waals surface area contributed by atoms with E-state index in [1.807, 2.05) is 33.8 Å². The summed E-state index contributed by atoms with van der Waals surface area (Å²) in [6.45, 7) is 9.66. The summed E-state index contributed by atoms with van der Waals surface area (Å²) in [6, 6.07) is 2.15. The van der Waals surface area contributed by atoms with Gasteiger partial charge in [-0.05, 0) is 53.1 Å². The third kappa shape index (κ3) is 4.59. The van der Waals surface area contributed by atoms with Gasteiger partial charge in [-0.25, -0.2) is 14.6 Å². The minimum Gasteiger partial charge on any atom is -0.352 e. The number of rotatable bonds is 4. The third-order valence-corrected chi connectivity index (χ3v) is 4.60. The minimum absolute atomic E-state index is 0. The molecule has 0 radical (unpaired) electrons. The van der Waals surface area contributed by atoms with Crippen molar-refractivity contribution in [3.8, 4) is 5.95 Å². The summed E-state index contributed by atoms with van der Waals surface area (Å²) >= 11 is 0. The molecule has 0 aromatic carbocycles. The van der Waals surface area contributed by atoms with Crippen LogP contribution in [0.5, 0.6) is 0 Å². The highest BCUT2D eigenvalue weighted by atomic mass is 35.5. The quantitative estimate of drug-likeness (QED) is 0.846. The third-order valence-electron chi connectivity index (χ3n) is 4.60. The van der Waals surface area contributed by atoms with Crippen LogP contribution in [0.3, 0.4) is 0 Å². The summed E-state index contributed by atoms with van der Waals surface area (Å²) < 4.78 is 1.74. The van der Waals surface area contributed by atoms with E-state index in [1.165, 1.54) is 0 Å². The van der Waals surface area contributed by atoms with Gasteiger partial charge in [0.1, 0.15) is 0 Å². The first-order chi connectivity index (χ1) is 11.9. The molecule has 1 saturated heterocycles. The molecule has 7 nitrogen and oxygen atoms in total. The van der Waals surface area contributed by atoms with Crippen molar-refractivity contribution in [2.75, 3.05) is 13.1 Å². The first-order valence-corrected chi connectivity index (χ1v) is 8.82. The summed E-state index contributed by atoms with van der Waals surface area (Å²) in [4.78, 5) is 21.4. The molecule has 0 spiro atoms. The van der Waals surface area contributed by atoms with E-state index < -0.39 is 0 Å². The number of nitrogens with one attached hydrogen (secondary N) is 2. The van der Waals surface area contributed by atoms with Gasteiger partial charge >= 0.3 is 0 Å². The van der Waals surface area contributed by atoms with Crippen LogP contribution in [0.2, 0.25) is 0 Å². The largest absolute Gasteiger partial charge is 0.352 e. The second kappa shape index (κ2) is 8.60. The van der Waals surface area contributed by atoms with E-state index in [1.54, 1.807) is 4.68 Å². The van der Waals surface area contributed by atoms with Crippen molar-refractivity contribution in [3.05, 3.63) is 34.4 Å². The van der Waals surface area contributed by atoms with Gasteiger partial charge in [-0.1, -0.05) is 0 Å². The lowest BCUT2D eigenvalue weighted by Gasteiger charge is -2.23. The van der Waals surface area contributed by atoms with Crippen LogP contribution >= 0.6 is 12.4 Å². The van der Waals surface area contributed by atoms with Gasteiger partial charge in [0.05, 0.1) is 12.1 Å². The van der Waals surface area contributed by atoms with Gasteiger partial charge in [0.15, 0.2) is 0 Å². The highest BCUT2D eigenvalue weighted by molar-refractivity contribution is 5.85. The van der Waals surface area contributed by atoms with Crippen LogP contribution in [0.1, 0.15) is 41.2 Å². The monoisotopic (exact) mass is 378 g/mol. The molecular formula is C18H27ClN6O. The second-order valence-corrected chi connectivity index (χ2v) is 6.80. The number of carbonyl (C=O) groups excluding carboxylic acids is 1. The van der Waals surface area contributed by atoms with Crippen LogP contribution in [-0.2, 0) is 11.2 Å². The Hall–Kier alpha value is -1.99. The average molecular weight is 379 g/mol. The molecule has 0 aliphatic carbocycles. The molecule has 2 aromatic heterocycles. The van der Waals surface area contributed by atoms with Crippen LogP contribution in [0.25, 0.3) is 5.95 Å². The van der Waals surface area contributed by atoms with Crippen molar-refractivity contribution >= 4 is 18.3 Å². The fraction of sp³-hybridized carbons (Fsp3) is 0.556. The van der Waals surface area contributed by atoms with Crippen molar-refractivity contribution in [2.24, 2.45) is 0 Å². The molecule has 1 unspecified atom stereocenters. The molecule has 3 rings (SSSR count). The lowest BCUT2D eigenvalue weighted by Crippen LogP contribution is -2.46. The zero-order valence-electron chi connectivity index (χ0n) is 15.8. The average Bonchev–Trinajstić information content (AvgIpc) is 2.83. The van der Waals surface area contributed by atoms with E-state index in [0.29, 0.717) is 12.4 Å². The van der Waals surface area contributed by atoms with E-state index >= 15 is 0 Å². The number of nitrogens with zero attached hydrogens (tertiary/aromatic N) is 4. The Labute approximate surface area is 160 Å². The van der Waals surface area contributed by atoms with Crippen LogP contribution in [-0.4, -0.2) is 44.8 Å². The number of piperidine rings is 1. The lowest BCUT2D eigenvalue weighted by molar-refractivity contribution is -0.121. The van der Waals surface area contributed by atoms with Gasteiger partial charge in [0.25, 0.3) is 5.95 Å². The van der Waals surface area contributed by atoms with Gasteiger partial charge in [0, 0.05) is 35.2 Å². The van der Waals surface area contributed by atoms with Gasteiger partial charge in [0.2, 0.25) is 5.91 Å². The molecule has 1 amide bonds. The maximum absolute atomic E-state index is 12.4. The number of carbonyl (C=O) groups is 1. The van der Waals surface area contributed by atoms with E-state index in [4.69, 9.17) is 0 Å². The number of amides is 1. The van der Waals surface area contributed by atoms with E-state index in [-0.39, 0.29) is 24.4 Å². The molecular weight excluding hydrogens is 352 g/mol. The normalized spacial score (nSPS) is 16.8. The fourth-order valence-electron chi connectivity index (χ4n) is 3.34. The molecule has 26 heavy (non-hydrogen) atoms. The Morgan fingerprint density at radius 3 is 2.58 bits per heavy atom. The molecule has 1 fully saturated rings. The first kappa shape index (κ1) is 20.3. The summed E-state index contributed by atoms with van der Waals surface area (Å²) in [6.07, 6.45) is 2.47. The maximum Gasteiger partial charge on any atom is 0.251 e. The number of halogens is 1. The molecule has 1 aliphatic rings. The summed E-state index contributed by atoms with van der Waals surface area (Å²) in [5.41, 5.74) is 4.51. The standard InChI is InChI=1S/C18H26N6O.ClH/c1-11-8-12(2)21-18(20-11)24-14(4)16(13(3)23-24)9-17(25)22-15-6-5-7-19-10-15;/h8,15,19H,5-7,9-10H2,1-4H3,(H,22,25);1H. The summed E-state index contributed by atoms with van der Waals surface area (Å²) in [5, 5.41) is 11.0. The molecule has 1 atom stereocenters. The molecule has 0 saturated carbocycles. The van der Waals surface area contributed by atoms with E-state index in [2.05, 4.69) is 25.7 Å². The molecule has 0 bridgehead atoms. The van der Waals surface area contributed by atoms with Crippen LogP contribution in [0.4, 0.5) is 0 Å². The maximum atomic E-state index is 12.4. The Morgan fingerprint density at radius 2 is 1.96 bits per heavy atom. The summed E-state index contributed by atoms with van der Waals surface area (Å²) in [7, 11) is 0. The SMILES string of the molecule is Cc1cc(C)nc(-n2nc(C)c(CC(=O)NC3CCCNC3)c2C)n1.Cl. The topological polar surface area (TPSA) is 84.7 Å². The second-order valence-electron chi connectivity index (χ2n) is 6.80. The Morgan fingerprint density at radius 1 is 1.27 bits per heavy atom. The van der Waals surface area contributed by atoms with Crippen LogP contribution < -0.4 is 10.6 Å². The zero-order chi connectivity index (χ0) is 18.0. The van der Waals surface area contributed by atoms with E-state index in [9.17, 15) is 4.79 Å². The molecule has 142 valence electrons. The van der Waals surface area contributed by atoms with Crippen molar-refractivity contribution in [1.82, 2.24) is 30.4 Å². The van der Waals surface area contributed by atoms with E-state index in [0.717, 1.165) is 54.3 Å². The van der Waals surface area contributed by atoms with Gasteiger partial charge in [-0.2, -0.15) is 5.10 Å². The molecule has 8 heteroatoms. The highest BCUT2D eigenvalue weighted by Gasteiger charge is 2.20. The Bertz CT molecular complexity index is 762. The number of hydrogen-bond acceptors (Lipinski definition) is 5. The molecule has 3 heterocycles. The zero-order valence-corrected chi connectivity index (χ0v) is 16.6. The van der Waals surface area contributed by atoms with Crippen molar-refractivity contribution in [2.45, 2.75) is 53.0 Å². The number of aromatic nitrogens is 4. The van der Waals surface area contributed by atoms with Gasteiger partial charge in [-0.3, -0.25) is 4.79 Å². The van der Waals surface area contributed by atoms with Crippen molar-refractivity contribution in [1.29, 1.82) is 0 Å². The Balaban J connectivity index is 0.00000243. The smallest absolute Gasteiger partial charge is 0.251 e. The highest BCUT2D eigenvalue weighted by Crippen LogP contribution is 2.17.